The summed E-state index contributed by atoms with van der Waals surface area (Å²) in [6.45, 7) is 1.20. The van der Waals surface area contributed by atoms with E-state index in [1.807, 2.05) is 10.6 Å². The molecule has 0 aliphatic carbocycles. The largest absolute Gasteiger partial charge is 0.463 e. The summed E-state index contributed by atoms with van der Waals surface area (Å²) in [7, 11) is 0. The van der Waals surface area contributed by atoms with Crippen LogP contribution in [0, 0.1) is 16.0 Å². The van der Waals surface area contributed by atoms with Gasteiger partial charge < -0.3 is 19.7 Å². The topological polar surface area (TPSA) is 96.6 Å². The third-order valence-corrected chi connectivity index (χ3v) is 3.61. The van der Waals surface area contributed by atoms with Gasteiger partial charge in [-0.05, 0) is 25.1 Å². The summed E-state index contributed by atoms with van der Waals surface area (Å²) < 4.78 is 7.90. The van der Waals surface area contributed by atoms with Crippen LogP contribution in [0.3, 0.4) is 0 Å². The Morgan fingerprint density at radius 3 is 3.05 bits per heavy atom. The average molecular weight is 299 g/mol. The second-order valence-electron chi connectivity index (χ2n) is 4.54. The fourth-order valence-electron chi connectivity index (χ4n) is 2.45. The smallest absolute Gasteiger partial charge is 0.153 e. The standard InChI is InChI=1S/C14H13N5OS/c15-4-2-5-19-12(10-3-1-6-20-10)9(7-16)11-13(19)14(21)18-8-17-11/h1,3,6,8H,2,4-5,15H2,(H,17,18,21). The van der Waals surface area contributed by atoms with E-state index in [0.717, 1.165) is 11.9 Å². The number of hydrogen-bond donors (Lipinski definition) is 2. The van der Waals surface area contributed by atoms with E-state index in [4.69, 9.17) is 22.4 Å². The normalized spacial score (nSPS) is 10.9. The van der Waals surface area contributed by atoms with E-state index < -0.39 is 0 Å². The number of fused-ring (bicyclic) bond motifs is 1. The van der Waals surface area contributed by atoms with Crippen LogP contribution in [-0.2, 0) is 6.54 Å². The number of aromatic nitrogens is 3. The highest BCUT2D eigenvalue weighted by Gasteiger charge is 2.21. The van der Waals surface area contributed by atoms with E-state index in [-0.39, 0.29) is 0 Å². The molecule has 0 radical (unpaired) electrons. The van der Waals surface area contributed by atoms with Crippen LogP contribution in [0.5, 0.6) is 0 Å². The van der Waals surface area contributed by atoms with E-state index in [2.05, 4.69) is 16.0 Å². The van der Waals surface area contributed by atoms with Gasteiger partial charge >= 0.3 is 0 Å². The number of nitrogens with zero attached hydrogens (tertiary/aromatic N) is 3. The van der Waals surface area contributed by atoms with Crippen molar-refractivity contribution in [2.75, 3.05) is 6.54 Å². The summed E-state index contributed by atoms with van der Waals surface area (Å²) in [5.41, 5.74) is 8.25. The zero-order valence-electron chi connectivity index (χ0n) is 11.2. The Labute approximate surface area is 125 Å². The van der Waals surface area contributed by atoms with Crippen LogP contribution in [0.4, 0.5) is 0 Å². The van der Waals surface area contributed by atoms with Gasteiger partial charge in [0.25, 0.3) is 0 Å². The zero-order chi connectivity index (χ0) is 14.8. The molecule has 0 aromatic carbocycles. The summed E-state index contributed by atoms with van der Waals surface area (Å²) in [5, 5.41) is 9.54. The Hall–Kier alpha value is -2.43. The van der Waals surface area contributed by atoms with Crippen molar-refractivity contribution in [1.29, 1.82) is 5.26 Å². The van der Waals surface area contributed by atoms with E-state index in [1.165, 1.54) is 6.33 Å². The molecule has 3 rings (SSSR count). The monoisotopic (exact) mass is 299 g/mol. The molecule has 3 heterocycles. The van der Waals surface area contributed by atoms with Crippen molar-refractivity contribution in [3.8, 4) is 17.5 Å². The molecule has 0 fully saturated rings. The first-order valence-electron chi connectivity index (χ1n) is 6.52. The van der Waals surface area contributed by atoms with Gasteiger partial charge in [-0.15, -0.1) is 0 Å². The molecule has 0 bridgehead atoms. The molecular formula is C14H13N5OS. The lowest BCUT2D eigenvalue weighted by atomic mass is 10.2. The van der Waals surface area contributed by atoms with Crippen LogP contribution in [0.1, 0.15) is 12.0 Å². The molecule has 0 spiro atoms. The Morgan fingerprint density at radius 2 is 2.38 bits per heavy atom. The van der Waals surface area contributed by atoms with Crippen LogP contribution in [0.15, 0.2) is 29.1 Å². The molecule has 3 N–H and O–H groups in total. The average Bonchev–Trinajstić information content (AvgIpc) is 3.10. The Kier molecular flexibility index (Phi) is 3.56. The first kappa shape index (κ1) is 13.5. The van der Waals surface area contributed by atoms with Crippen LogP contribution < -0.4 is 5.73 Å². The number of aromatic amines is 1. The SMILES string of the molecule is N#Cc1c(-c2ccco2)n(CCCN)c2c(=S)nc[nH]c12. The molecule has 21 heavy (non-hydrogen) atoms. The first-order valence-corrected chi connectivity index (χ1v) is 6.92. The zero-order valence-corrected chi connectivity index (χ0v) is 12.0. The second-order valence-corrected chi connectivity index (χ2v) is 4.92. The van der Waals surface area contributed by atoms with Gasteiger partial charge in [0.05, 0.1) is 18.1 Å². The fourth-order valence-corrected chi connectivity index (χ4v) is 2.71. The summed E-state index contributed by atoms with van der Waals surface area (Å²) in [4.78, 5) is 7.13. The number of rotatable bonds is 4. The highest BCUT2D eigenvalue weighted by Crippen LogP contribution is 2.32. The Morgan fingerprint density at radius 1 is 1.52 bits per heavy atom. The lowest BCUT2D eigenvalue weighted by molar-refractivity contribution is 0.570. The molecule has 3 aromatic rings. The van der Waals surface area contributed by atoms with E-state index in [0.29, 0.717) is 40.3 Å². The molecule has 0 unspecified atom stereocenters. The van der Waals surface area contributed by atoms with Gasteiger partial charge in [0.15, 0.2) is 10.4 Å². The fraction of sp³-hybridized carbons (Fsp3) is 0.214. The molecule has 6 nitrogen and oxygen atoms in total. The second kappa shape index (κ2) is 5.52. The van der Waals surface area contributed by atoms with Gasteiger partial charge in [-0.2, -0.15) is 5.26 Å². The van der Waals surface area contributed by atoms with Crippen molar-refractivity contribution in [3.05, 3.63) is 34.9 Å². The first-order chi connectivity index (χ1) is 10.3. The highest BCUT2D eigenvalue weighted by atomic mass is 32.1. The van der Waals surface area contributed by atoms with Gasteiger partial charge in [-0.25, -0.2) is 4.98 Å². The van der Waals surface area contributed by atoms with Crippen molar-refractivity contribution < 1.29 is 4.42 Å². The highest BCUT2D eigenvalue weighted by molar-refractivity contribution is 7.71. The molecule has 0 saturated heterocycles. The van der Waals surface area contributed by atoms with Crippen molar-refractivity contribution >= 4 is 23.3 Å². The molecule has 0 saturated carbocycles. The third-order valence-electron chi connectivity index (χ3n) is 3.31. The number of nitrogens with one attached hydrogen (secondary N) is 1. The molecule has 7 heteroatoms. The van der Waals surface area contributed by atoms with Gasteiger partial charge in [0.1, 0.15) is 22.8 Å². The lowest BCUT2D eigenvalue weighted by Crippen LogP contribution is -2.07. The quantitative estimate of drug-likeness (QED) is 0.722. The maximum absolute atomic E-state index is 9.54. The van der Waals surface area contributed by atoms with E-state index in [1.54, 1.807) is 12.3 Å². The predicted octanol–water partition coefficient (Wildman–Crippen LogP) is 2.57. The minimum Gasteiger partial charge on any atom is -0.463 e. The molecule has 0 aliphatic rings. The van der Waals surface area contributed by atoms with Crippen molar-refractivity contribution in [1.82, 2.24) is 14.5 Å². The summed E-state index contributed by atoms with van der Waals surface area (Å²) in [6.07, 6.45) is 3.86. The minimum absolute atomic E-state index is 0.454. The number of furan rings is 1. The summed E-state index contributed by atoms with van der Waals surface area (Å²) >= 11 is 5.32. The number of H-pyrrole nitrogens is 1. The molecule has 0 atom stereocenters. The Balaban J connectivity index is 2.41. The molecule has 3 aromatic heterocycles. The summed E-state index contributed by atoms with van der Waals surface area (Å²) in [6, 6.07) is 5.85. The lowest BCUT2D eigenvalue weighted by Gasteiger charge is -2.08. The molecule has 106 valence electrons. The molecular weight excluding hydrogens is 286 g/mol. The van der Waals surface area contributed by atoms with Crippen molar-refractivity contribution in [2.24, 2.45) is 5.73 Å². The molecule has 0 aliphatic heterocycles. The van der Waals surface area contributed by atoms with Gasteiger partial charge in [-0.3, -0.25) is 0 Å². The van der Waals surface area contributed by atoms with Crippen molar-refractivity contribution in [3.63, 3.8) is 0 Å². The minimum atomic E-state index is 0.454. The van der Waals surface area contributed by atoms with Gasteiger partial charge in [0.2, 0.25) is 0 Å². The van der Waals surface area contributed by atoms with E-state index >= 15 is 0 Å². The van der Waals surface area contributed by atoms with Crippen molar-refractivity contribution in [2.45, 2.75) is 13.0 Å². The van der Waals surface area contributed by atoms with Crippen LogP contribution in [0.2, 0.25) is 0 Å². The number of nitriles is 1. The number of aryl methyl sites for hydroxylation is 1. The van der Waals surface area contributed by atoms with E-state index in [9.17, 15) is 5.26 Å². The third kappa shape index (κ3) is 2.14. The van der Waals surface area contributed by atoms with Crippen LogP contribution in [-0.4, -0.2) is 21.1 Å². The van der Waals surface area contributed by atoms with Crippen LogP contribution in [0.25, 0.3) is 22.5 Å². The maximum atomic E-state index is 9.54. The Bertz CT molecular complexity index is 869. The predicted molar refractivity (Wildman–Crippen MR) is 81.0 cm³/mol. The number of nitrogens with two attached hydrogens (primary N) is 1. The van der Waals surface area contributed by atoms with Gasteiger partial charge in [0, 0.05) is 6.54 Å². The number of hydrogen-bond acceptors (Lipinski definition) is 5. The summed E-state index contributed by atoms with van der Waals surface area (Å²) in [5.74, 6) is 0.627. The van der Waals surface area contributed by atoms with Crippen LogP contribution >= 0.6 is 12.2 Å². The molecule has 0 amide bonds. The van der Waals surface area contributed by atoms with Gasteiger partial charge in [-0.1, -0.05) is 12.2 Å². The maximum Gasteiger partial charge on any atom is 0.153 e.